The van der Waals surface area contributed by atoms with Gasteiger partial charge in [-0.05, 0) is 23.6 Å². The second kappa shape index (κ2) is 3.05. The minimum absolute atomic E-state index is 0.0773. The molecule has 1 aromatic carbocycles. The second-order valence-electron chi connectivity index (χ2n) is 3.43. The Morgan fingerprint density at radius 3 is 2.64 bits per heavy atom. The van der Waals surface area contributed by atoms with Gasteiger partial charge < -0.3 is 5.11 Å². The number of hydrogen-bond donors (Lipinski definition) is 2. The molecule has 0 heterocycles. The summed E-state index contributed by atoms with van der Waals surface area (Å²) in [5.74, 6) is 0. The molecule has 0 bridgehead atoms. The van der Waals surface area contributed by atoms with Crippen LogP contribution in [0.2, 0.25) is 0 Å². The Labute approximate surface area is 81.9 Å². The van der Waals surface area contributed by atoms with Crippen LogP contribution in [0.4, 0.5) is 0 Å². The maximum absolute atomic E-state index is 11.0. The predicted molar refractivity (Wildman–Crippen MR) is 49.7 cm³/mol. The van der Waals surface area contributed by atoms with E-state index in [1.807, 2.05) is 0 Å². The minimum atomic E-state index is -4.16. The highest BCUT2D eigenvalue weighted by atomic mass is 32.2. The van der Waals surface area contributed by atoms with Gasteiger partial charge >= 0.3 is 0 Å². The molecule has 5 heteroatoms. The van der Waals surface area contributed by atoms with Crippen molar-refractivity contribution in [1.29, 1.82) is 0 Å². The molecule has 14 heavy (non-hydrogen) atoms. The van der Waals surface area contributed by atoms with Crippen molar-refractivity contribution in [1.82, 2.24) is 0 Å². The van der Waals surface area contributed by atoms with Gasteiger partial charge in [0.05, 0.1) is 11.0 Å². The molecule has 1 atom stereocenters. The van der Waals surface area contributed by atoms with E-state index in [0.717, 1.165) is 5.56 Å². The number of benzene rings is 1. The van der Waals surface area contributed by atoms with E-state index < -0.39 is 16.2 Å². The first kappa shape index (κ1) is 9.64. The van der Waals surface area contributed by atoms with Crippen LogP contribution in [0.3, 0.4) is 0 Å². The molecule has 2 rings (SSSR count). The Morgan fingerprint density at radius 2 is 2.00 bits per heavy atom. The number of aliphatic hydroxyl groups excluding tert-OH is 1. The lowest BCUT2D eigenvalue weighted by atomic mass is 10.1. The van der Waals surface area contributed by atoms with Crippen LogP contribution in [0.25, 0.3) is 0 Å². The summed E-state index contributed by atoms with van der Waals surface area (Å²) < 4.78 is 30.9. The lowest BCUT2D eigenvalue weighted by Crippen LogP contribution is -2.06. The SMILES string of the molecule is O=S(=O)(O)c1cccc2c1CC(O)C2. The molecule has 76 valence electrons. The average molecular weight is 214 g/mol. The Balaban J connectivity index is 2.62. The van der Waals surface area contributed by atoms with Gasteiger partial charge in [-0.2, -0.15) is 8.42 Å². The van der Waals surface area contributed by atoms with Crippen LogP contribution in [0.15, 0.2) is 23.1 Å². The zero-order valence-electron chi connectivity index (χ0n) is 7.34. The van der Waals surface area contributed by atoms with E-state index in [1.54, 1.807) is 12.1 Å². The molecule has 0 radical (unpaired) electrons. The molecule has 0 spiro atoms. The topological polar surface area (TPSA) is 74.6 Å². The predicted octanol–water partition coefficient (Wildman–Crippen LogP) is 0.393. The van der Waals surface area contributed by atoms with E-state index in [1.165, 1.54) is 6.07 Å². The van der Waals surface area contributed by atoms with Crippen molar-refractivity contribution >= 4 is 10.1 Å². The van der Waals surface area contributed by atoms with Gasteiger partial charge in [0, 0.05) is 6.42 Å². The number of rotatable bonds is 1. The third-order valence-corrected chi connectivity index (χ3v) is 3.34. The molecule has 0 amide bonds. The molecule has 0 aliphatic heterocycles. The zero-order chi connectivity index (χ0) is 10.3. The van der Waals surface area contributed by atoms with Gasteiger partial charge in [-0.25, -0.2) is 0 Å². The molecule has 0 aromatic heterocycles. The summed E-state index contributed by atoms with van der Waals surface area (Å²) in [4.78, 5) is -0.0773. The highest BCUT2D eigenvalue weighted by Crippen LogP contribution is 2.28. The van der Waals surface area contributed by atoms with Gasteiger partial charge in [-0.1, -0.05) is 12.1 Å². The first-order valence-electron chi connectivity index (χ1n) is 4.25. The molecule has 4 nitrogen and oxygen atoms in total. The Morgan fingerprint density at radius 1 is 1.29 bits per heavy atom. The van der Waals surface area contributed by atoms with E-state index in [4.69, 9.17) is 4.55 Å². The fourth-order valence-corrected chi connectivity index (χ4v) is 2.61. The standard InChI is InChI=1S/C9H10O4S/c10-7-4-6-2-1-3-9(8(6)5-7)14(11,12)13/h1-3,7,10H,4-5H2,(H,11,12,13). The quantitative estimate of drug-likeness (QED) is 0.663. The Bertz CT molecular complexity index is 464. The van der Waals surface area contributed by atoms with E-state index in [-0.39, 0.29) is 4.90 Å². The van der Waals surface area contributed by atoms with Crippen LogP contribution in [0.5, 0.6) is 0 Å². The molecule has 0 fully saturated rings. The van der Waals surface area contributed by atoms with Crippen molar-refractivity contribution in [2.45, 2.75) is 23.8 Å². The maximum atomic E-state index is 11.0. The van der Waals surface area contributed by atoms with Crippen molar-refractivity contribution < 1.29 is 18.1 Å². The van der Waals surface area contributed by atoms with Crippen molar-refractivity contribution in [3.63, 3.8) is 0 Å². The highest BCUT2D eigenvalue weighted by Gasteiger charge is 2.26. The smallest absolute Gasteiger partial charge is 0.294 e. The lowest BCUT2D eigenvalue weighted by molar-refractivity contribution is 0.186. The number of hydrogen-bond acceptors (Lipinski definition) is 3. The van der Waals surface area contributed by atoms with E-state index in [9.17, 15) is 13.5 Å². The highest BCUT2D eigenvalue weighted by molar-refractivity contribution is 7.85. The molecule has 1 aliphatic carbocycles. The first-order chi connectivity index (χ1) is 6.48. The summed E-state index contributed by atoms with van der Waals surface area (Å²) in [5.41, 5.74) is 1.34. The Kier molecular flexibility index (Phi) is 2.10. The molecule has 0 saturated carbocycles. The van der Waals surface area contributed by atoms with Gasteiger partial charge in [0.1, 0.15) is 0 Å². The van der Waals surface area contributed by atoms with Crippen LogP contribution in [0, 0.1) is 0 Å². The van der Waals surface area contributed by atoms with Crippen LogP contribution in [-0.2, 0) is 23.0 Å². The molecule has 0 saturated heterocycles. The van der Waals surface area contributed by atoms with Gasteiger partial charge in [-0.15, -0.1) is 0 Å². The van der Waals surface area contributed by atoms with E-state index in [2.05, 4.69) is 0 Å². The fraction of sp³-hybridized carbons (Fsp3) is 0.333. The van der Waals surface area contributed by atoms with Crippen LogP contribution in [-0.4, -0.2) is 24.2 Å². The zero-order valence-corrected chi connectivity index (χ0v) is 8.16. The van der Waals surface area contributed by atoms with Gasteiger partial charge in [0.15, 0.2) is 0 Å². The minimum Gasteiger partial charge on any atom is -0.392 e. The average Bonchev–Trinajstić information content (AvgIpc) is 2.41. The number of fused-ring (bicyclic) bond motifs is 1. The van der Waals surface area contributed by atoms with Crippen molar-refractivity contribution in [3.05, 3.63) is 29.3 Å². The second-order valence-corrected chi connectivity index (χ2v) is 4.82. The monoisotopic (exact) mass is 214 g/mol. The van der Waals surface area contributed by atoms with Gasteiger partial charge in [-0.3, -0.25) is 4.55 Å². The third kappa shape index (κ3) is 1.54. The van der Waals surface area contributed by atoms with Gasteiger partial charge in [0.25, 0.3) is 10.1 Å². The third-order valence-electron chi connectivity index (χ3n) is 2.40. The summed E-state index contributed by atoms with van der Waals surface area (Å²) in [6, 6.07) is 4.69. The summed E-state index contributed by atoms with van der Waals surface area (Å²) in [7, 11) is -4.16. The van der Waals surface area contributed by atoms with Crippen LogP contribution < -0.4 is 0 Å². The van der Waals surface area contributed by atoms with E-state index >= 15 is 0 Å². The summed E-state index contributed by atoms with van der Waals surface area (Å²) in [5, 5.41) is 9.36. The number of aliphatic hydroxyl groups is 1. The van der Waals surface area contributed by atoms with Gasteiger partial charge in [0.2, 0.25) is 0 Å². The summed E-state index contributed by atoms with van der Waals surface area (Å²) in [6.45, 7) is 0. The Hall–Kier alpha value is -0.910. The molecule has 1 unspecified atom stereocenters. The first-order valence-corrected chi connectivity index (χ1v) is 5.69. The maximum Gasteiger partial charge on any atom is 0.294 e. The van der Waals surface area contributed by atoms with Crippen molar-refractivity contribution in [3.8, 4) is 0 Å². The molecule has 1 aliphatic rings. The molecule has 1 aromatic rings. The molecule has 2 N–H and O–H groups in total. The summed E-state index contributed by atoms with van der Waals surface area (Å²) in [6.07, 6.45) is 0.220. The molecular weight excluding hydrogens is 204 g/mol. The molecular formula is C9H10O4S. The fourth-order valence-electron chi connectivity index (χ4n) is 1.84. The van der Waals surface area contributed by atoms with Crippen molar-refractivity contribution in [2.75, 3.05) is 0 Å². The van der Waals surface area contributed by atoms with Crippen LogP contribution >= 0.6 is 0 Å². The normalized spacial score (nSPS) is 20.9. The van der Waals surface area contributed by atoms with E-state index in [0.29, 0.717) is 18.4 Å². The summed E-state index contributed by atoms with van der Waals surface area (Å²) >= 11 is 0. The largest absolute Gasteiger partial charge is 0.392 e. The van der Waals surface area contributed by atoms with Crippen LogP contribution in [0.1, 0.15) is 11.1 Å². The van der Waals surface area contributed by atoms with Crippen molar-refractivity contribution in [2.24, 2.45) is 0 Å². The lowest BCUT2D eigenvalue weighted by Gasteiger charge is -2.03.